The van der Waals surface area contributed by atoms with Crippen LogP contribution in [0.1, 0.15) is 23.1 Å². The van der Waals surface area contributed by atoms with Gasteiger partial charge in [-0.25, -0.2) is 0 Å². The summed E-state index contributed by atoms with van der Waals surface area (Å²) in [6.07, 6.45) is 2.16. The molecule has 176 valence electrons. The maximum absolute atomic E-state index is 14.2. The van der Waals surface area contributed by atoms with Crippen LogP contribution in [0.25, 0.3) is 5.76 Å². The van der Waals surface area contributed by atoms with Gasteiger partial charge in [-0.2, -0.15) is 0 Å². The first-order valence-electron chi connectivity index (χ1n) is 11.3. The highest BCUT2D eigenvalue weighted by Crippen LogP contribution is 2.53. The van der Waals surface area contributed by atoms with Gasteiger partial charge in [0.05, 0.1) is 11.3 Å². The van der Waals surface area contributed by atoms with Gasteiger partial charge in [0.1, 0.15) is 5.76 Å². The molecule has 2 aromatic rings. The van der Waals surface area contributed by atoms with Crippen molar-refractivity contribution in [3.05, 3.63) is 83.4 Å². The van der Waals surface area contributed by atoms with E-state index in [4.69, 9.17) is 0 Å². The highest BCUT2D eigenvalue weighted by Gasteiger charge is 2.66. The van der Waals surface area contributed by atoms with Crippen molar-refractivity contribution >= 4 is 29.0 Å². The summed E-state index contributed by atoms with van der Waals surface area (Å²) in [7, 11) is 3.84. The molecule has 1 unspecified atom stereocenters. The molecule has 1 N–H and O–H groups in total. The largest absolute Gasteiger partial charge is 0.507 e. The van der Waals surface area contributed by atoms with Crippen molar-refractivity contribution < 1.29 is 19.5 Å². The number of likely N-dealkylation sites (tertiary alicyclic amines) is 1. The average molecular weight is 460 g/mol. The second-order valence-corrected chi connectivity index (χ2v) is 8.96. The van der Waals surface area contributed by atoms with E-state index in [1.54, 1.807) is 42.5 Å². The molecular weight excluding hydrogens is 430 g/mol. The number of Topliss-reactive ketones (excluding diaryl/α,β-unsaturated/α-hetero) is 1. The zero-order valence-corrected chi connectivity index (χ0v) is 19.7. The average Bonchev–Trinajstić information content (AvgIpc) is 3.18. The third-order valence-corrected chi connectivity index (χ3v) is 6.43. The van der Waals surface area contributed by atoms with E-state index in [0.717, 1.165) is 5.56 Å². The first-order valence-corrected chi connectivity index (χ1v) is 11.3. The Morgan fingerprint density at radius 2 is 1.76 bits per heavy atom. The lowest BCUT2D eigenvalue weighted by atomic mass is 9.81. The highest BCUT2D eigenvalue weighted by atomic mass is 16.3. The van der Waals surface area contributed by atoms with Crippen LogP contribution in [0.2, 0.25) is 0 Å². The van der Waals surface area contributed by atoms with E-state index in [2.05, 4.69) is 6.58 Å². The molecule has 7 nitrogen and oxygen atoms in total. The molecular formula is C27H29N3O4. The molecule has 1 fully saturated rings. The highest BCUT2D eigenvalue weighted by molar-refractivity contribution is 6.50. The molecule has 2 aliphatic heterocycles. The molecule has 0 saturated carbocycles. The first kappa shape index (κ1) is 23.4. The van der Waals surface area contributed by atoms with Gasteiger partial charge < -0.3 is 19.8 Å². The Bertz CT molecular complexity index is 1200. The Kier molecular flexibility index (Phi) is 6.15. The monoisotopic (exact) mass is 459 g/mol. The molecule has 4 rings (SSSR count). The van der Waals surface area contributed by atoms with Crippen LogP contribution < -0.4 is 4.90 Å². The molecule has 34 heavy (non-hydrogen) atoms. The predicted molar refractivity (Wildman–Crippen MR) is 131 cm³/mol. The minimum atomic E-state index is -1.73. The molecule has 0 radical (unpaired) electrons. The van der Waals surface area contributed by atoms with E-state index in [1.807, 2.05) is 38.1 Å². The maximum Gasteiger partial charge on any atom is 0.296 e. The number of ketones is 1. The summed E-state index contributed by atoms with van der Waals surface area (Å²) in [4.78, 5) is 45.9. The summed E-state index contributed by atoms with van der Waals surface area (Å²) in [5.74, 6) is -2.43. The zero-order chi connectivity index (χ0) is 24.6. The van der Waals surface area contributed by atoms with Gasteiger partial charge in [0.25, 0.3) is 17.6 Å². The molecule has 7 heteroatoms. The van der Waals surface area contributed by atoms with Crippen molar-refractivity contribution in [2.24, 2.45) is 0 Å². The Morgan fingerprint density at radius 1 is 1.09 bits per heavy atom. The number of nitrogens with zero attached hydrogens (tertiary/aromatic N) is 3. The summed E-state index contributed by atoms with van der Waals surface area (Å²) in [6, 6.07) is 14.1. The van der Waals surface area contributed by atoms with Crippen LogP contribution >= 0.6 is 0 Å². The van der Waals surface area contributed by atoms with Gasteiger partial charge in [0.2, 0.25) is 0 Å². The van der Waals surface area contributed by atoms with Crippen molar-refractivity contribution in [3.8, 4) is 0 Å². The van der Waals surface area contributed by atoms with Crippen LogP contribution in [0.15, 0.2) is 66.8 Å². The van der Waals surface area contributed by atoms with Gasteiger partial charge in [-0.05, 0) is 40.1 Å². The number of aryl methyl sites for hydroxylation is 1. The van der Waals surface area contributed by atoms with Crippen molar-refractivity contribution in [3.63, 3.8) is 0 Å². The third-order valence-electron chi connectivity index (χ3n) is 6.43. The fourth-order valence-corrected chi connectivity index (χ4v) is 4.88. The van der Waals surface area contributed by atoms with Gasteiger partial charge in [0, 0.05) is 24.2 Å². The Balaban J connectivity index is 2.00. The number of fused-ring (bicyclic) bond motifs is 2. The zero-order valence-electron chi connectivity index (χ0n) is 19.7. The molecule has 1 atom stereocenters. The van der Waals surface area contributed by atoms with Crippen molar-refractivity contribution in [2.45, 2.75) is 18.9 Å². The predicted octanol–water partition coefficient (Wildman–Crippen LogP) is 3.06. The number of aliphatic hydroxyl groups excluding tert-OH is 1. The molecule has 0 bridgehead atoms. The molecule has 0 aromatic heterocycles. The summed E-state index contributed by atoms with van der Waals surface area (Å²) >= 11 is 0. The van der Waals surface area contributed by atoms with Crippen LogP contribution in [0.4, 0.5) is 5.69 Å². The lowest BCUT2D eigenvalue weighted by molar-refractivity contribution is -0.143. The summed E-state index contributed by atoms with van der Waals surface area (Å²) in [6.45, 7) is 6.75. The van der Waals surface area contributed by atoms with Gasteiger partial charge in [0.15, 0.2) is 5.54 Å². The molecule has 2 aromatic carbocycles. The van der Waals surface area contributed by atoms with Crippen LogP contribution in [0.5, 0.6) is 0 Å². The number of amides is 2. The lowest BCUT2D eigenvalue weighted by Crippen LogP contribution is -2.52. The topological polar surface area (TPSA) is 81.2 Å². The number of anilines is 1. The summed E-state index contributed by atoms with van der Waals surface area (Å²) < 4.78 is 0. The quantitative estimate of drug-likeness (QED) is 0.298. The number of hydrogen-bond acceptors (Lipinski definition) is 5. The Labute approximate surface area is 199 Å². The number of carbonyl (C=O) groups is 3. The smallest absolute Gasteiger partial charge is 0.296 e. The van der Waals surface area contributed by atoms with Crippen LogP contribution in [0.3, 0.4) is 0 Å². The second-order valence-electron chi connectivity index (χ2n) is 8.96. The first-order chi connectivity index (χ1) is 16.2. The van der Waals surface area contributed by atoms with E-state index in [1.165, 1.54) is 9.80 Å². The van der Waals surface area contributed by atoms with Crippen molar-refractivity contribution in [2.75, 3.05) is 38.6 Å². The fourth-order valence-electron chi connectivity index (χ4n) is 4.88. The van der Waals surface area contributed by atoms with E-state index in [0.29, 0.717) is 29.8 Å². The number of rotatable bonds is 7. The molecule has 2 amide bonds. The van der Waals surface area contributed by atoms with Crippen molar-refractivity contribution in [1.29, 1.82) is 0 Å². The molecule has 0 aliphatic carbocycles. The minimum absolute atomic E-state index is 0.185. The lowest BCUT2D eigenvalue weighted by Gasteiger charge is -2.34. The third kappa shape index (κ3) is 3.44. The fraction of sp³-hybridized carbons (Fsp3) is 0.296. The summed E-state index contributed by atoms with van der Waals surface area (Å²) in [5, 5.41) is 11.4. The van der Waals surface area contributed by atoms with Crippen LogP contribution in [-0.2, 0) is 19.9 Å². The Hall–Kier alpha value is -3.71. The number of carbonyl (C=O) groups excluding carboxylic acids is 3. The number of benzene rings is 2. The maximum atomic E-state index is 14.2. The molecule has 2 heterocycles. The number of aliphatic hydroxyl groups is 1. The van der Waals surface area contributed by atoms with Crippen molar-refractivity contribution in [1.82, 2.24) is 9.80 Å². The molecule has 1 spiro atoms. The normalized spacial score (nSPS) is 21.1. The van der Waals surface area contributed by atoms with Gasteiger partial charge in [-0.1, -0.05) is 54.1 Å². The number of hydrogen-bond donors (Lipinski definition) is 1. The van der Waals surface area contributed by atoms with E-state index >= 15 is 0 Å². The molecule has 1 saturated heterocycles. The molecule has 2 aliphatic rings. The van der Waals surface area contributed by atoms with Gasteiger partial charge in [-0.3, -0.25) is 14.4 Å². The Morgan fingerprint density at radius 3 is 2.41 bits per heavy atom. The van der Waals surface area contributed by atoms with Crippen LogP contribution in [0, 0.1) is 6.92 Å². The number of para-hydroxylation sites is 1. The minimum Gasteiger partial charge on any atom is -0.507 e. The van der Waals surface area contributed by atoms with E-state index < -0.39 is 23.1 Å². The van der Waals surface area contributed by atoms with Gasteiger partial charge >= 0.3 is 0 Å². The SMILES string of the molecule is C=CCN1C(=O)C2(C(=C(O)c3ccc(C)cc3)C(=O)C(=O)N2CCCN(C)C)c2ccccc21. The van der Waals surface area contributed by atoms with E-state index in [9.17, 15) is 19.5 Å². The van der Waals surface area contributed by atoms with Crippen LogP contribution in [-0.4, -0.2) is 66.2 Å². The second kappa shape index (κ2) is 8.91. The standard InChI is InChI=1S/C27H29N3O4/c1-5-15-29-21-10-7-6-9-20(21)27(26(29)34)22(23(31)19-13-11-18(2)12-14-19)24(32)25(33)30(27)17-8-16-28(3)4/h5-7,9-14,31H,1,8,15-17H2,2-4H3. The van der Waals surface area contributed by atoms with Gasteiger partial charge in [-0.15, -0.1) is 6.58 Å². The summed E-state index contributed by atoms with van der Waals surface area (Å²) in [5.41, 5.74) is 0.560. The van der Waals surface area contributed by atoms with E-state index in [-0.39, 0.29) is 24.4 Å².